The Balaban J connectivity index is 2.04. The Morgan fingerprint density at radius 1 is 1.03 bits per heavy atom. The first kappa shape index (κ1) is 22.3. The molecule has 0 aliphatic carbocycles. The lowest BCUT2D eigenvalue weighted by molar-refractivity contribution is 0.0692. The van der Waals surface area contributed by atoms with Crippen LogP contribution in [0.2, 0.25) is 0 Å². The highest BCUT2D eigenvalue weighted by Crippen LogP contribution is 2.40. The number of phenols is 1. The summed E-state index contributed by atoms with van der Waals surface area (Å²) in [6, 6.07) is 10.6. The number of hydrogen-bond acceptors (Lipinski definition) is 7. The third-order valence-electron chi connectivity index (χ3n) is 4.64. The van der Waals surface area contributed by atoms with Crippen molar-refractivity contribution in [2.75, 3.05) is 12.4 Å². The fourth-order valence-electron chi connectivity index (χ4n) is 3.14. The molecule has 0 atom stereocenters. The van der Waals surface area contributed by atoms with E-state index in [2.05, 4.69) is 11.4 Å². The second-order valence-electron chi connectivity index (χ2n) is 6.56. The van der Waals surface area contributed by atoms with Crippen LogP contribution in [0.4, 0.5) is 5.00 Å². The summed E-state index contributed by atoms with van der Waals surface area (Å²) in [5, 5.41) is 40.8. The average molecular weight is 452 g/mol. The van der Waals surface area contributed by atoms with Crippen molar-refractivity contribution < 1.29 is 34.4 Å². The fourth-order valence-corrected chi connectivity index (χ4v) is 4.16. The van der Waals surface area contributed by atoms with Crippen LogP contribution in [0.15, 0.2) is 36.4 Å². The highest BCUT2D eigenvalue weighted by atomic mass is 32.1. The molecule has 0 unspecified atom stereocenters. The molecular weight excluding hydrogens is 436 g/mol. The monoisotopic (exact) mass is 452 g/mol. The smallest absolute Gasteiger partial charge is 0.339 e. The van der Waals surface area contributed by atoms with E-state index >= 15 is 0 Å². The molecule has 0 aliphatic rings. The molecule has 0 fully saturated rings. The van der Waals surface area contributed by atoms with Crippen molar-refractivity contribution in [1.29, 1.82) is 5.26 Å². The van der Waals surface area contributed by atoms with Gasteiger partial charge in [-0.3, -0.25) is 4.79 Å². The Bertz CT molecular complexity index is 1290. The van der Waals surface area contributed by atoms with Crippen molar-refractivity contribution in [2.24, 2.45) is 0 Å². The molecule has 1 heterocycles. The number of nitrogens with zero attached hydrogens (tertiary/aromatic N) is 1. The molecule has 10 heteroatoms. The molecular formula is C22H16N2O7S. The number of amides is 1. The highest BCUT2D eigenvalue weighted by Gasteiger charge is 2.25. The Morgan fingerprint density at radius 3 is 2.19 bits per heavy atom. The van der Waals surface area contributed by atoms with Gasteiger partial charge in [0.2, 0.25) is 0 Å². The number of carboxylic acid groups (broad SMARTS) is 2. The summed E-state index contributed by atoms with van der Waals surface area (Å²) in [4.78, 5) is 36.3. The van der Waals surface area contributed by atoms with Gasteiger partial charge in [0.15, 0.2) is 0 Å². The molecule has 1 amide bonds. The molecule has 0 saturated heterocycles. The van der Waals surface area contributed by atoms with Gasteiger partial charge in [-0.2, -0.15) is 5.26 Å². The topological polar surface area (TPSA) is 157 Å². The van der Waals surface area contributed by atoms with Gasteiger partial charge >= 0.3 is 11.9 Å². The van der Waals surface area contributed by atoms with Gasteiger partial charge in [0.05, 0.1) is 23.8 Å². The number of nitriles is 1. The number of aromatic carboxylic acids is 2. The molecule has 3 rings (SSSR count). The molecule has 0 bridgehead atoms. The first-order valence-corrected chi connectivity index (χ1v) is 9.82. The Labute approximate surface area is 185 Å². The number of nitrogens with one attached hydrogen (secondary N) is 1. The molecule has 0 saturated carbocycles. The zero-order chi connectivity index (χ0) is 23.6. The molecule has 4 N–H and O–H groups in total. The molecule has 32 heavy (non-hydrogen) atoms. The number of hydrogen-bond donors (Lipinski definition) is 4. The first-order chi connectivity index (χ1) is 15.2. The van der Waals surface area contributed by atoms with Crippen LogP contribution >= 0.6 is 11.3 Å². The third-order valence-corrected chi connectivity index (χ3v) is 5.66. The van der Waals surface area contributed by atoms with Crippen LogP contribution in [0, 0.1) is 18.3 Å². The molecule has 162 valence electrons. The van der Waals surface area contributed by atoms with E-state index in [0.29, 0.717) is 17.4 Å². The summed E-state index contributed by atoms with van der Waals surface area (Å²) in [5.41, 5.74) is -0.162. The minimum atomic E-state index is -1.54. The maximum absolute atomic E-state index is 12.8. The van der Waals surface area contributed by atoms with Crippen LogP contribution in [-0.4, -0.2) is 40.3 Å². The van der Waals surface area contributed by atoms with Crippen molar-refractivity contribution in [3.05, 3.63) is 63.5 Å². The van der Waals surface area contributed by atoms with Gasteiger partial charge in [-0.25, -0.2) is 9.59 Å². The number of anilines is 1. The van der Waals surface area contributed by atoms with E-state index in [1.54, 1.807) is 31.2 Å². The van der Waals surface area contributed by atoms with Crippen molar-refractivity contribution in [3.63, 3.8) is 0 Å². The standard InChI is InChI=1S/C22H16N2O7S/c1-10-18(11-3-5-12(31-2)6-4-11)16(9-23)20(32-10)24-19(26)13-8-17(25)15(22(29)30)7-14(13)21(27)28/h3-8,25H,1-2H3,(H,24,26)(H,27,28)(H,29,30). The molecule has 0 spiro atoms. The van der Waals surface area contributed by atoms with E-state index < -0.39 is 40.3 Å². The number of carboxylic acids is 2. The zero-order valence-electron chi connectivity index (χ0n) is 16.8. The van der Waals surface area contributed by atoms with Gasteiger partial charge in [-0.05, 0) is 36.8 Å². The number of methoxy groups -OCH3 is 1. The predicted octanol–water partition coefficient (Wildman–Crippen LogP) is 3.96. The maximum atomic E-state index is 12.8. The largest absolute Gasteiger partial charge is 0.507 e. The Kier molecular flexibility index (Phi) is 6.13. The van der Waals surface area contributed by atoms with E-state index in [1.165, 1.54) is 7.11 Å². The van der Waals surface area contributed by atoms with Gasteiger partial charge in [0.25, 0.3) is 5.91 Å². The molecule has 9 nitrogen and oxygen atoms in total. The summed E-state index contributed by atoms with van der Waals surface area (Å²) in [5.74, 6) is -4.11. The highest BCUT2D eigenvalue weighted by molar-refractivity contribution is 7.17. The minimum Gasteiger partial charge on any atom is -0.507 e. The van der Waals surface area contributed by atoms with E-state index in [4.69, 9.17) is 9.84 Å². The number of carbonyl (C=O) groups excluding carboxylic acids is 1. The van der Waals surface area contributed by atoms with Gasteiger partial charge < -0.3 is 25.4 Å². The van der Waals surface area contributed by atoms with E-state index in [9.17, 15) is 29.9 Å². The number of rotatable bonds is 6. The van der Waals surface area contributed by atoms with Gasteiger partial charge in [0, 0.05) is 10.4 Å². The Morgan fingerprint density at radius 2 is 1.66 bits per heavy atom. The second-order valence-corrected chi connectivity index (χ2v) is 7.78. The van der Waals surface area contributed by atoms with Crippen LogP contribution in [-0.2, 0) is 0 Å². The van der Waals surface area contributed by atoms with Crippen LogP contribution in [0.5, 0.6) is 11.5 Å². The quantitative estimate of drug-likeness (QED) is 0.438. The summed E-state index contributed by atoms with van der Waals surface area (Å²) in [6.45, 7) is 1.77. The summed E-state index contributed by atoms with van der Waals surface area (Å²) in [6.07, 6.45) is 0. The lowest BCUT2D eigenvalue weighted by atomic mass is 10.0. The molecule has 1 aromatic heterocycles. The normalized spacial score (nSPS) is 10.3. The number of aromatic hydroxyl groups is 1. The summed E-state index contributed by atoms with van der Waals surface area (Å²) < 4.78 is 5.14. The second kappa shape index (κ2) is 8.79. The minimum absolute atomic E-state index is 0.189. The average Bonchev–Trinajstić information content (AvgIpc) is 3.07. The number of carbonyl (C=O) groups is 3. The number of aryl methyl sites for hydroxylation is 1. The van der Waals surface area contributed by atoms with E-state index in [-0.39, 0.29) is 10.6 Å². The number of benzene rings is 2. The lowest BCUT2D eigenvalue weighted by Gasteiger charge is -2.10. The predicted molar refractivity (Wildman–Crippen MR) is 116 cm³/mol. The molecule has 3 aromatic rings. The van der Waals surface area contributed by atoms with Crippen LogP contribution in [0.25, 0.3) is 11.1 Å². The summed E-state index contributed by atoms with van der Waals surface area (Å²) >= 11 is 1.13. The van der Waals surface area contributed by atoms with E-state index in [0.717, 1.165) is 27.8 Å². The lowest BCUT2D eigenvalue weighted by Crippen LogP contribution is -2.17. The van der Waals surface area contributed by atoms with Crippen molar-refractivity contribution in [2.45, 2.75) is 6.92 Å². The van der Waals surface area contributed by atoms with Crippen molar-refractivity contribution >= 4 is 34.2 Å². The van der Waals surface area contributed by atoms with Crippen molar-refractivity contribution in [3.8, 4) is 28.7 Å². The first-order valence-electron chi connectivity index (χ1n) is 9.00. The number of ether oxygens (including phenoxy) is 1. The van der Waals surface area contributed by atoms with Crippen molar-refractivity contribution in [1.82, 2.24) is 0 Å². The molecule has 0 aliphatic heterocycles. The SMILES string of the molecule is COc1ccc(-c2c(C)sc(NC(=O)c3cc(O)c(C(=O)O)cc3C(=O)O)c2C#N)cc1. The van der Waals surface area contributed by atoms with Gasteiger partial charge in [-0.15, -0.1) is 11.3 Å². The fraction of sp³-hybridized carbons (Fsp3) is 0.0909. The zero-order valence-corrected chi connectivity index (χ0v) is 17.6. The van der Waals surface area contributed by atoms with Gasteiger partial charge in [0.1, 0.15) is 28.1 Å². The molecule has 2 aromatic carbocycles. The van der Waals surface area contributed by atoms with Gasteiger partial charge in [-0.1, -0.05) is 12.1 Å². The van der Waals surface area contributed by atoms with E-state index in [1.807, 2.05) is 0 Å². The Hall–Kier alpha value is -4.36. The summed E-state index contributed by atoms with van der Waals surface area (Å²) in [7, 11) is 1.53. The van der Waals surface area contributed by atoms with Crippen LogP contribution < -0.4 is 10.1 Å². The van der Waals surface area contributed by atoms with Crippen LogP contribution in [0.1, 0.15) is 41.5 Å². The third kappa shape index (κ3) is 4.10. The number of thiophene rings is 1. The molecule has 0 radical (unpaired) electrons. The maximum Gasteiger partial charge on any atom is 0.339 e. The van der Waals surface area contributed by atoms with Crippen LogP contribution in [0.3, 0.4) is 0 Å².